The third kappa shape index (κ3) is 1.93. The van der Waals surface area contributed by atoms with Crippen LogP contribution < -0.4 is 0 Å². The van der Waals surface area contributed by atoms with Gasteiger partial charge in [0.05, 0.1) is 6.54 Å². The molecule has 1 rings (SSSR count). The van der Waals surface area contributed by atoms with E-state index >= 15 is 0 Å². The molecule has 1 amide bonds. The van der Waals surface area contributed by atoms with Gasteiger partial charge in [-0.15, -0.1) is 0 Å². The van der Waals surface area contributed by atoms with Crippen LogP contribution in [0.3, 0.4) is 0 Å². The van der Waals surface area contributed by atoms with Crippen LogP contribution in [0, 0.1) is 0 Å². The van der Waals surface area contributed by atoms with E-state index in [4.69, 9.17) is 0 Å². The van der Waals surface area contributed by atoms with Crippen molar-refractivity contribution in [2.24, 2.45) is 0 Å². The number of hydrogen-bond acceptors (Lipinski definition) is 3. The van der Waals surface area contributed by atoms with Crippen molar-refractivity contribution in [3.05, 3.63) is 0 Å². The van der Waals surface area contributed by atoms with Crippen LogP contribution in [0.1, 0.15) is 0 Å². The molecule has 1 heterocycles. The van der Waals surface area contributed by atoms with E-state index in [1.807, 2.05) is 0 Å². The monoisotopic (exact) mass is 193 g/mol. The second-order valence-corrected chi connectivity index (χ2v) is 2.41. The molecule has 0 aliphatic carbocycles. The Hall–Kier alpha value is -1.21. The zero-order valence-corrected chi connectivity index (χ0v) is 6.17. The zero-order valence-electron chi connectivity index (χ0n) is 6.17. The first kappa shape index (κ1) is 9.88. The maximum absolute atomic E-state index is 11.7. The van der Waals surface area contributed by atoms with Crippen LogP contribution in [0.25, 0.3) is 0 Å². The Morgan fingerprint density at radius 3 is 2.38 bits per heavy atom. The molecular formula is C5H3BF3NO3. The molecule has 0 unspecified atom stereocenters. The quantitative estimate of drug-likeness (QED) is 0.412. The summed E-state index contributed by atoms with van der Waals surface area (Å²) in [4.78, 5) is 21.2. The van der Waals surface area contributed by atoms with Gasteiger partial charge >= 0.3 is 26.1 Å². The van der Waals surface area contributed by atoms with Crippen molar-refractivity contribution in [1.29, 1.82) is 0 Å². The lowest BCUT2D eigenvalue weighted by atomic mass is 10.4. The van der Waals surface area contributed by atoms with Crippen LogP contribution in [0.15, 0.2) is 0 Å². The van der Waals surface area contributed by atoms with Crippen molar-refractivity contribution in [1.82, 2.24) is 4.90 Å². The molecule has 4 nitrogen and oxygen atoms in total. The molecule has 1 aliphatic heterocycles. The van der Waals surface area contributed by atoms with E-state index in [0.717, 1.165) is 0 Å². The highest BCUT2D eigenvalue weighted by Gasteiger charge is 2.54. The van der Waals surface area contributed by atoms with Crippen molar-refractivity contribution in [2.75, 3.05) is 6.54 Å². The predicted octanol–water partition coefficient (Wildman–Crippen LogP) is -0.614. The lowest BCUT2D eigenvalue weighted by Crippen LogP contribution is -2.32. The Labute approximate surface area is 72.1 Å². The molecule has 8 heteroatoms. The van der Waals surface area contributed by atoms with Gasteiger partial charge in [0.2, 0.25) is 0 Å². The normalized spacial score (nSPS) is 21.2. The van der Waals surface area contributed by atoms with Gasteiger partial charge in [0, 0.05) is 0 Å². The van der Waals surface area contributed by atoms with Crippen molar-refractivity contribution >= 4 is 19.9 Å². The summed E-state index contributed by atoms with van der Waals surface area (Å²) in [5, 5.41) is 0. The van der Waals surface area contributed by atoms with Crippen LogP contribution in [0.2, 0.25) is 0 Å². The summed E-state index contributed by atoms with van der Waals surface area (Å²) >= 11 is 0. The second-order valence-electron chi connectivity index (χ2n) is 2.41. The van der Waals surface area contributed by atoms with Crippen LogP contribution in [-0.2, 0) is 14.2 Å². The molecular weight excluding hydrogens is 190 g/mol. The summed E-state index contributed by atoms with van der Waals surface area (Å²) in [5.74, 6) is -3.10. The molecule has 1 saturated heterocycles. The number of halogens is 3. The SMILES string of the molecule is [B]OC(=O)[C@H]1CN1C(=O)C(F)(F)F. The number of carbonyl (C=O) groups excluding carboxylic acids is 2. The van der Waals surface area contributed by atoms with E-state index in [1.54, 1.807) is 0 Å². The van der Waals surface area contributed by atoms with E-state index in [0.29, 0.717) is 4.90 Å². The van der Waals surface area contributed by atoms with E-state index in [-0.39, 0.29) is 6.54 Å². The minimum absolute atomic E-state index is 0.297. The molecule has 70 valence electrons. The van der Waals surface area contributed by atoms with E-state index in [1.165, 1.54) is 0 Å². The average Bonchev–Trinajstić information content (AvgIpc) is 2.79. The highest BCUT2D eigenvalue weighted by Crippen LogP contribution is 2.27. The highest BCUT2D eigenvalue weighted by atomic mass is 19.4. The molecule has 13 heavy (non-hydrogen) atoms. The van der Waals surface area contributed by atoms with Crippen LogP contribution in [0.4, 0.5) is 13.2 Å². The third-order valence-electron chi connectivity index (χ3n) is 1.50. The molecule has 0 aromatic rings. The molecule has 1 fully saturated rings. The van der Waals surface area contributed by atoms with Gasteiger partial charge in [-0.1, -0.05) is 0 Å². The van der Waals surface area contributed by atoms with Gasteiger partial charge in [0.25, 0.3) is 0 Å². The first-order valence-electron chi connectivity index (χ1n) is 3.16. The van der Waals surface area contributed by atoms with E-state index in [9.17, 15) is 22.8 Å². The number of rotatable bonds is 1. The minimum Gasteiger partial charge on any atom is -0.542 e. The van der Waals surface area contributed by atoms with Gasteiger partial charge in [0.15, 0.2) is 0 Å². The highest BCUT2D eigenvalue weighted by molar-refractivity contribution is 6.07. The largest absolute Gasteiger partial charge is 0.542 e. The van der Waals surface area contributed by atoms with E-state index in [2.05, 4.69) is 12.7 Å². The maximum atomic E-state index is 11.7. The fourth-order valence-corrected chi connectivity index (χ4v) is 0.807. The molecule has 0 saturated carbocycles. The second kappa shape index (κ2) is 2.93. The first-order chi connectivity index (χ1) is 5.88. The van der Waals surface area contributed by atoms with Gasteiger partial charge in [0.1, 0.15) is 6.04 Å². The lowest BCUT2D eigenvalue weighted by molar-refractivity contribution is -0.180. The molecule has 1 atom stereocenters. The molecule has 0 N–H and O–H groups in total. The fraction of sp³-hybridized carbons (Fsp3) is 0.600. The van der Waals surface area contributed by atoms with Crippen molar-refractivity contribution in [3.8, 4) is 0 Å². The Bertz CT molecular complexity index is 254. The number of amides is 1. The fourth-order valence-electron chi connectivity index (χ4n) is 0.807. The Kier molecular flexibility index (Phi) is 2.23. The maximum Gasteiger partial charge on any atom is 0.471 e. The van der Waals surface area contributed by atoms with Crippen molar-refractivity contribution < 1.29 is 27.4 Å². The molecule has 0 aromatic heterocycles. The van der Waals surface area contributed by atoms with Crippen molar-refractivity contribution in [2.45, 2.75) is 12.2 Å². The van der Waals surface area contributed by atoms with Crippen LogP contribution >= 0.6 is 0 Å². The molecule has 0 aromatic carbocycles. The van der Waals surface area contributed by atoms with Crippen LogP contribution in [-0.4, -0.2) is 43.6 Å². The number of carbonyl (C=O) groups is 2. The molecule has 0 bridgehead atoms. The standard InChI is InChI=1S/C5H3BF3NO3/c6-13-3(11)2-1-10(2)4(12)5(7,8)9/h2H,1H2/t2-,10?/m1/s1. The van der Waals surface area contributed by atoms with Crippen molar-refractivity contribution in [3.63, 3.8) is 0 Å². The molecule has 0 spiro atoms. The van der Waals surface area contributed by atoms with Gasteiger partial charge in [-0.25, -0.2) is 0 Å². The summed E-state index contributed by atoms with van der Waals surface area (Å²) in [6, 6.07) is -1.18. The van der Waals surface area contributed by atoms with Gasteiger partial charge in [-0.2, -0.15) is 13.2 Å². The summed E-state index contributed by atoms with van der Waals surface area (Å²) < 4.78 is 38.8. The Morgan fingerprint density at radius 2 is 2.00 bits per heavy atom. The molecule has 2 radical (unpaired) electrons. The lowest BCUT2D eigenvalue weighted by Gasteiger charge is -2.06. The van der Waals surface area contributed by atoms with E-state index < -0.39 is 24.1 Å². The summed E-state index contributed by atoms with van der Waals surface area (Å²) in [7, 11) is 4.42. The molecule has 1 aliphatic rings. The first-order valence-corrected chi connectivity index (χ1v) is 3.16. The van der Waals surface area contributed by atoms with Gasteiger partial charge < -0.3 is 9.55 Å². The third-order valence-corrected chi connectivity index (χ3v) is 1.50. The average molecular weight is 193 g/mol. The summed E-state index contributed by atoms with van der Waals surface area (Å²) in [6.07, 6.45) is -4.95. The number of hydrogen-bond donors (Lipinski definition) is 0. The smallest absolute Gasteiger partial charge is 0.471 e. The van der Waals surface area contributed by atoms with Crippen LogP contribution in [0.5, 0.6) is 0 Å². The Balaban J connectivity index is 2.52. The topological polar surface area (TPSA) is 46.4 Å². The van der Waals surface area contributed by atoms with Gasteiger partial charge in [-0.05, 0) is 0 Å². The van der Waals surface area contributed by atoms with Gasteiger partial charge in [-0.3, -0.25) is 9.59 Å². The predicted molar refractivity (Wildman–Crippen MR) is 33.4 cm³/mol. The summed E-state index contributed by atoms with van der Waals surface area (Å²) in [5.41, 5.74) is 0. The zero-order chi connectivity index (χ0) is 10.2. The number of nitrogens with zero attached hydrogens (tertiary/aromatic N) is 1. The number of alkyl halides is 3. The Morgan fingerprint density at radius 1 is 1.46 bits per heavy atom. The minimum atomic E-state index is -4.95. The summed E-state index contributed by atoms with van der Waals surface area (Å²) in [6.45, 7) is -0.297.